The Morgan fingerprint density at radius 3 is 2.57 bits per heavy atom. The van der Waals surface area contributed by atoms with E-state index >= 15 is 0 Å². The fraction of sp³-hybridized carbons (Fsp3) is 0.500. The van der Waals surface area contributed by atoms with Crippen molar-refractivity contribution in [3.05, 3.63) is 35.6 Å². The maximum atomic E-state index is 12.1. The van der Waals surface area contributed by atoms with Crippen LogP contribution in [0.1, 0.15) is 55.7 Å². The first-order valence-corrected chi connectivity index (χ1v) is 7.86. The molecule has 2 aromatic heterocycles. The maximum absolute atomic E-state index is 12.1. The highest BCUT2D eigenvalue weighted by Gasteiger charge is 2.12. The van der Waals surface area contributed by atoms with Crippen LogP contribution in [0.5, 0.6) is 0 Å². The molecular formula is C16H23N5O2. The molecule has 0 saturated heterocycles. The van der Waals surface area contributed by atoms with E-state index in [0.29, 0.717) is 17.3 Å². The van der Waals surface area contributed by atoms with Crippen molar-refractivity contribution in [2.45, 2.75) is 40.2 Å². The van der Waals surface area contributed by atoms with Crippen LogP contribution in [0, 0.1) is 0 Å². The zero-order chi connectivity index (χ0) is 16.8. The van der Waals surface area contributed by atoms with E-state index in [0.717, 1.165) is 18.9 Å². The third kappa shape index (κ3) is 4.28. The van der Waals surface area contributed by atoms with Gasteiger partial charge < -0.3 is 14.7 Å². The molecule has 0 aliphatic carbocycles. The minimum absolute atomic E-state index is 0.170. The number of amides is 1. The Hall–Kier alpha value is -2.44. The molecule has 0 radical (unpaired) electrons. The highest BCUT2D eigenvalue weighted by atomic mass is 16.5. The molecule has 124 valence electrons. The summed E-state index contributed by atoms with van der Waals surface area (Å²) in [6, 6.07) is 3.62. The summed E-state index contributed by atoms with van der Waals surface area (Å²) in [6.45, 7) is 10.1. The smallest absolute Gasteiger partial charge is 0.253 e. The Bertz CT molecular complexity index is 632. The number of hydrogen-bond acceptors (Lipinski definition) is 6. The van der Waals surface area contributed by atoms with Gasteiger partial charge in [0.1, 0.15) is 5.82 Å². The molecule has 0 aromatic carbocycles. The van der Waals surface area contributed by atoms with E-state index in [1.165, 1.54) is 0 Å². The summed E-state index contributed by atoms with van der Waals surface area (Å²) in [5.74, 6) is 1.86. The average Bonchev–Trinajstić information content (AvgIpc) is 3.04. The van der Waals surface area contributed by atoms with Crippen molar-refractivity contribution in [3.8, 4) is 0 Å². The van der Waals surface area contributed by atoms with Crippen LogP contribution in [0.15, 0.2) is 22.9 Å². The number of aromatic nitrogens is 3. The largest absolute Gasteiger partial charge is 0.357 e. The highest BCUT2D eigenvalue weighted by Crippen LogP contribution is 2.12. The molecule has 7 nitrogen and oxygen atoms in total. The van der Waals surface area contributed by atoms with Gasteiger partial charge in [-0.25, -0.2) is 4.98 Å². The Morgan fingerprint density at radius 2 is 2.04 bits per heavy atom. The van der Waals surface area contributed by atoms with Crippen molar-refractivity contribution in [2.24, 2.45) is 0 Å². The second kappa shape index (κ2) is 7.71. The predicted molar refractivity (Wildman–Crippen MR) is 87.4 cm³/mol. The minimum atomic E-state index is -0.209. The molecule has 23 heavy (non-hydrogen) atoms. The number of anilines is 1. The van der Waals surface area contributed by atoms with E-state index in [1.807, 2.05) is 19.9 Å². The summed E-state index contributed by atoms with van der Waals surface area (Å²) in [6.07, 6.45) is 1.58. The number of carbonyl (C=O) groups excluding carboxylic acids is 1. The van der Waals surface area contributed by atoms with Gasteiger partial charge in [-0.3, -0.25) is 4.79 Å². The fourth-order valence-corrected chi connectivity index (χ4v) is 2.09. The monoisotopic (exact) mass is 317 g/mol. The minimum Gasteiger partial charge on any atom is -0.357 e. The van der Waals surface area contributed by atoms with Crippen molar-refractivity contribution >= 4 is 11.7 Å². The summed E-state index contributed by atoms with van der Waals surface area (Å²) in [7, 11) is 0. The van der Waals surface area contributed by atoms with Crippen molar-refractivity contribution in [1.29, 1.82) is 0 Å². The van der Waals surface area contributed by atoms with Gasteiger partial charge in [-0.1, -0.05) is 19.0 Å². The van der Waals surface area contributed by atoms with Crippen LogP contribution in [0.4, 0.5) is 5.82 Å². The lowest BCUT2D eigenvalue weighted by atomic mass is 10.2. The standard InChI is InChI=1S/C16H23N5O2/c1-5-21(6-2)14-8-7-12(9-17-14)15(22)18-10-13-19-16(11(3)4)23-20-13/h7-9,11H,5-6,10H2,1-4H3,(H,18,22). The van der Waals surface area contributed by atoms with Gasteiger partial charge in [-0.15, -0.1) is 0 Å². The number of hydrogen-bond donors (Lipinski definition) is 1. The zero-order valence-corrected chi connectivity index (χ0v) is 14.0. The molecule has 7 heteroatoms. The zero-order valence-electron chi connectivity index (χ0n) is 14.0. The van der Waals surface area contributed by atoms with Gasteiger partial charge in [0, 0.05) is 25.2 Å². The number of rotatable bonds is 7. The van der Waals surface area contributed by atoms with Gasteiger partial charge in [-0.05, 0) is 26.0 Å². The van der Waals surface area contributed by atoms with E-state index in [1.54, 1.807) is 12.3 Å². The van der Waals surface area contributed by atoms with Crippen molar-refractivity contribution in [2.75, 3.05) is 18.0 Å². The molecule has 0 unspecified atom stereocenters. The summed E-state index contributed by atoms with van der Waals surface area (Å²) >= 11 is 0. The van der Waals surface area contributed by atoms with Crippen LogP contribution >= 0.6 is 0 Å². The lowest BCUT2D eigenvalue weighted by Gasteiger charge is -2.19. The molecule has 0 atom stereocenters. The van der Waals surface area contributed by atoms with E-state index in [9.17, 15) is 4.79 Å². The van der Waals surface area contributed by atoms with Gasteiger partial charge in [0.2, 0.25) is 5.89 Å². The van der Waals surface area contributed by atoms with E-state index in [2.05, 4.69) is 39.2 Å². The van der Waals surface area contributed by atoms with Gasteiger partial charge in [0.15, 0.2) is 5.82 Å². The number of nitrogens with zero attached hydrogens (tertiary/aromatic N) is 4. The molecule has 2 heterocycles. The average molecular weight is 317 g/mol. The number of nitrogens with one attached hydrogen (secondary N) is 1. The van der Waals surface area contributed by atoms with Gasteiger partial charge in [-0.2, -0.15) is 4.98 Å². The first kappa shape index (κ1) is 16.9. The Labute approximate surface area is 136 Å². The van der Waals surface area contributed by atoms with Gasteiger partial charge >= 0.3 is 0 Å². The third-order valence-corrected chi connectivity index (χ3v) is 3.48. The van der Waals surface area contributed by atoms with Crippen molar-refractivity contribution < 1.29 is 9.32 Å². The molecule has 0 saturated carbocycles. The molecule has 0 aliphatic rings. The van der Waals surface area contributed by atoms with Crippen LogP contribution in [0.25, 0.3) is 0 Å². The van der Waals surface area contributed by atoms with Crippen LogP contribution in [0.3, 0.4) is 0 Å². The Balaban J connectivity index is 1.95. The van der Waals surface area contributed by atoms with Crippen molar-refractivity contribution in [1.82, 2.24) is 20.4 Å². The number of carbonyl (C=O) groups is 1. The molecule has 1 N–H and O–H groups in total. The lowest BCUT2D eigenvalue weighted by Crippen LogP contribution is -2.25. The van der Waals surface area contributed by atoms with Crippen LogP contribution in [-0.4, -0.2) is 34.1 Å². The summed E-state index contributed by atoms with van der Waals surface area (Å²) < 4.78 is 5.10. The maximum Gasteiger partial charge on any atom is 0.253 e. The van der Waals surface area contributed by atoms with E-state index in [4.69, 9.17) is 4.52 Å². The topological polar surface area (TPSA) is 84.2 Å². The van der Waals surface area contributed by atoms with Crippen molar-refractivity contribution in [3.63, 3.8) is 0 Å². The molecular weight excluding hydrogens is 294 g/mol. The predicted octanol–water partition coefficient (Wildman–Crippen LogP) is 2.36. The molecule has 2 aromatic rings. The Morgan fingerprint density at radius 1 is 1.30 bits per heavy atom. The van der Waals surface area contributed by atoms with Crippen LogP contribution < -0.4 is 10.2 Å². The summed E-state index contributed by atoms with van der Waals surface area (Å²) in [4.78, 5) is 22.8. The quantitative estimate of drug-likeness (QED) is 0.844. The van der Waals surface area contributed by atoms with E-state index in [-0.39, 0.29) is 18.4 Å². The summed E-state index contributed by atoms with van der Waals surface area (Å²) in [5.41, 5.74) is 0.508. The molecule has 2 rings (SSSR count). The van der Waals surface area contributed by atoms with Crippen LogP contribution in [0.2, 0.25) is 0 Å². The molecule has 0 spiro atoms. The molecule has 0 bridgehead atoms. The fourth-order valence-electron chi connectivity index (χ4n) is 2.09. The summed E-state index contributed by atoms with van der Waals surface area (Å²) in [5, 5.41) is 6.61. The highest BCUT2D eigenvalue weighted by molar-refractivity contribution is 5.93. The lowest BCUT2D eigenvalue weighted by molar-refractivity contribution is 0.0949. The first-order valence-electron chi connectivity index (χ1n) is 7.86. The SMILES string of the molecule is CCN(CC)c1ccc(C(=O)NCc2noc(C(C)C)n2)cn1. The van der Waals surface area contributed by atoms with Gasteiger partial charge in [0.05, 0.1) is 12.1 Å². The molecule has 1 amide bonds. The molecule has 0 aliphatic heterocycles. The van der Waals surface area contributed by atoms with Crippen LogP contribution in [-0.2, 0) is 6.54 Å². The Kier molecular flexibility index (Phi) is 5.67. The second-order valence-electron chi connectivity index (χ2n) is 5.46. The van der Waals surface area contributed by atoms with Gasteiger partial charge in [0.25, 0.3) is 5.91 Å². The molecule has 0 fully saturated rings. The normalized spacial score (nSPS) is 10.8. The second-order valence-corrected chi connectivity index (χ2v) is 5.46. The number of pyridine rings is 1. The van der Waals surface area contributed by atoms with E-state index < -0.39 is 0 Å². The third-order valence-electron chi connectivity index (χ3n) is 3.48. The first-order chi connectivity index (χ1) is 11.0.